The predicted octanol–water partition coefficient (Wildman–Crippen LogP) is 4.83. The molecule has 3 aromatic carbocycles. The molecular weight excluding hydrogens is 431 g/mol. The number of ether oxygens (including phenoxy) is 2. The summed E-state index contributed by atoms with van der Waals surface area (Å²) < 4.78 is 26.5. The second kappa shape index (κ2) is 11.7. The van der Waals surface area contributed by atoms with Crippen molar-refractivity contribution in [3.05, 3.63) is 95.8 Å². The first-order chi connectivity index (χ1) is 16.7. The average Bonchev–Trinajstić information content (AvgIpc) is 2.90. The molecule has 3 aromatic rings. The summed E-state index contributed by atoms with van der Waals surface area (Å²) in [6.45, 7) is 2.23. The van der Waals surface area contributed by atoms with E-state index in [4.69, 9.17) is 9.47 Å². The number of nitrogens with zero attached hydrogens (tertiary/aromatic N) is 1. The summed E-state index contributed by atoms with van der Waals surface area (Å²) in [5.41, 5.74) is 1.25. The van der Waals surface area contributed by atoms with E-state index in [1.165, 1.54) is 6.07 Å². The van der Waals surface area contributed by atoms with Crippen molar-refractivity contribution in [1.29, 1.82) is 0 Å². The minimum absolute atomic E-state index is 0.0224. The van der Waals surface area contributed by atoms with Gasteiger partial charge >= 0.3 is 0 Å². The summed E-state index contributed by atoms with van der Waals surface area (Å²) >= 11 is 0. The fourth-order valence-electron chi connectivity index (χ4n) is 4.48. The van der Waals surface area contributed by atoms with Gasteiger partial charge < -0.3 is 19.7 Å². The minimum Gasteiger partial charge on any atom is -0.497 e. The summed E-state index contributed by atoms with van der Waals surface area (Å²) in [4.78, 5) is 15.7. The summed E-state index contributed by atoms with van der Waals surface area (Å²) in [5.74, 6) is 0.962. The number of piperidine rings is 1. The molecule has 1 amide bonds. The number of methoxy groups -OCH3 is 1. The van der Waals surface area contributed by atoms with Crippen LogP contribution in [-0.4, -0.2) is 44.2 Å². The summed E-state index contributed by atoms with van der Waals surface area (Å²) in [6, 6.07) is 23.1. The Morgan fingerprint density at radius 1 is 1.00 bits per heavy atom. The molecule has 0 radical (unpaired) electrons. The van der Waals surface area contributed by atoms with Crippen molar-refractivity contribution in [1.82, 2.24) is 10.2 Å². The molecule has 1 heterocycles. The third-order valence-electron chi connectivity index (χ3n) is 6.24. The monoisotopic (exact) mass is 462 g/mol. The second-order valence-corrected chi connectivity index (χ2v) is 8.42. The maximum absolute atomic E-state index is 15.2. The molecular formula is C28H31FN2O3. The van der Waals surface area contributed by atoms with Gasteiger partial charge in [0.25, 0.3) is 0 Å². The largest absolute Gasteiger partial charge is 0.497 e. The molecule has 6 heteroatoms. The Bertz CT molecular complexity index is 1070. The Hall–Kier alpha value is -3.38. The molecule has 1 aliphatic heterocycles. The van der Waals surface area contributed by atoms with Gasteiger partial charge in [0.05, 0.1) is 19.7 Å². The lowest BCUT2D eigenvalue weighted by molar-refractivity contribution is -0.138. The molecule has 5 nitrogen and oxygen atoms in total. The molecule has 0 bridgehead atoms. The zero-order chi connectivity index (χ0) is 23.8. The van der Waals surface area contributed by atoms with Crippen molar-refractivity contribution >= 4 is 5.91 Å². The van der Waals surface area contributed by atoms with E-state index in [9.17, 15) is 4.79 Å². The highest BCUT2D eigenvalue weighted by Crippen LogP contribution is 2.34. The third kappa shape index (κ3) is 5.75. The number of amides is 1. The summed E-state index contributed by atoms with van der Waals surface area (Å²) in [5, 5.41) is 3.32. The van der Waals surface area contributed by atoms with Crippen molar-refractivity contribution in [2.45, 2.75) is 18.9 Å². The van der Waals surface area contributed by atoms with Crippen molar-refractivity contribution in [3.8, 4) is 11.5 Å². The quantitative estimate of drug-likeness (QED) is 0.495. The van der Waals surface area contributed by atoms with Gasteiger partial charge in [0.2, 0.25) is 5.91 Å². The van der Waals surface area contributed by atoms with Crippen molar-refractivity contribution < 1.29 is 18.7 Å². The number of hydrogen-bond donors (Lipinski definition) is 1. The number of para-hydroxylation sites is 1. The Balaban J connectivity index is 1.71. The van der Waals surface area contributed by atoms with Gasteiger partial charge in [-0.3, -0.25) is 4.79 Å². The van der Waals surface area contributed by atoms with Crippen LogP contribution in [0.3, 0.4) is 0 Å². The molecule has 1 saturated heterocycles. The Labute approximate surface area is 200 Å². The lowest BCUT2D eigenvalue weighted by atomic mass is 9.92. The van der Waals surface area contributed by atoms with Gasteiger partial charge in [0.1, 0.15) is 23.9 Å². The smallest absolute Gasteiger partial charge is 0.226 e. The van der Waals surface area contributed by atoms with Gasteiger partial charge in [-0.1, -0.05) is 48.5 Å². The molecule has 0 spiro atoms. The molecule has 1 atom stereocenters. The molecule has 34 heavy (non-hydrogen) atoms. The normalized spacial score (nSPS) is 14.9. The van der Waals surface area contributed by atoms with Crippen LogP contribution in [0.25, 0.3) is 0 Å². The van der Waals surface area contributed by atoms with Crippen LogP contribution in [0, 0.1) is 11.7 Å². The fraction of sp³-hybridized carbons (Fsp3) is 0.321. The summed E-state index contributed by atoms with van der Waals surface area (Å²) in [7, 11) is 1.60. The number of carbonyl (C=O) groups is 1. The topological polar surface area (TPSA) is 50.8 Å². The van der Waals surface area contributed by atoms with Crippen LogP contribution >= 0.6 is 0 Å². The van der Waals surface area contributed by atoms with E-state index in [1.54, 1.807) is 30.2 Å². The highest BCUT2D eigenvalue weighted by molar-refractivity contribution is 5.80. The van der Waals surface area contributed by atoms with Gasteiger partial charge in [-0.25, -0.2) is 4.39 Å². The number of benzene rings is 3. The number of carbonyl (C=O) groups excluding carboxylic acids is 1. The van der Waals surface area contributed by atoms with Gasteiger partial charge in [-0.15, -0.1) is 0 Å². The number of halogens is 1. The number of hydrogen-bond acceptors (Lipinski definition) is 4. The van der Waals surface area contributed by atoms with Gasteiger partial charge in [0, 0.05) is 11.5 Å². The van der Waals surface area contributed by atoms with Crippen molar-refractivity contribution in [2.75, 3.05) is 33.4 Å². The Kier molecular flexibility index (Phi) is 8.15. The van der Waals surface area contributed by atoms with Crippen LogP contribution in [-0.2, 0) is 4.79 Å². The van der Waals surface area contributed by atoms with Crippen LogP contribution in [0.4, 0.5) is 4.39 Å². The summed E-state index contributed by atoms with van der Waals surface area (Å²) in [6.07, 6.45) is 1.52. The maximum Gasteiger partial charge on any atom is 0.226 e. The zero-order valence-electron chi connectivity index (χ0n) is 19.5. The molecule has 1 fully saturated rings. The van der Waals surface area contributed by atoms with E-state index >= 15 is 4.39 Å². The SMILES string of the molecule is COc1cccc([C@@H](c2ccccc2F)N(CCOc2ccccc2)C(=O)C2CCNCC2)c1. The Morgan fingerprint density at radius 2 is 1.71 bits per heavy atom. The van der Waals surface area contributed by atoms with E-state index in [0.717, 1.165) is 37.2 Å². The van der Waals surface area contributed by atoms with Gasteiger partial charge in [-0.2, -0.15) is 0 Å². The van der Waals surface area contributed by atoms with Crippen LogP contribution in [0.5, 0.6) is 11.5 Å². The highest BCUT2D eigenvalue weighted by Gasteiger charge is 2.33. The number of rotatable bonds is 9. The Morgan fingerprint density at radius 3 is 2.44 bits per heavy atom. The van der Waals surface area contributed by atoms with E-state index in [-0.39, 0.29) is 17.6 Å². The minimum atomic E-state index is -0.599. The van der Waals surface area contributed by atoms with E-state index in [1.807, 2.05) is 54.6 Å². The van der Waals surface area contributed by atoms with Crippen LogP contribution in [0.1, 0.15) is 30.0 Å². The molecule has 0 unspecified atom stereocenters. The maximum atomic E-state index is 15.2. The van der Waals surface area contributed by atoms with Crippen LogP contribution in [0.2, 0.25) is 0 Å². The fourth-order valence-corrected chi connectivity index (χ4v) is 4.48. The van der Waals surface area contributed by atoms with Crippen molar-refractivity contribution in [3.63, 3.8) is 0 Å². The van der Waals surface area contributed by atoms with E-state index in [2.05, 4.69) is 5.32 Å². The molecule has 0 aliphatic carbocycles. The van der Waals surface area contributed by atoms with Gasteiger partial charge in [-0.05, 0) is 61.8 Å². The first-order valence-electron chi connectivity index (χ1n) is 11.7. The first-order valence-corrected chi connectivity index (χ1v) is 11.7. The third-order valence-corrected chi connectivity index (χ3v) is 6.24. The highest BCUT2D eigenvalue weighted by atomic mass is 19.1. The number of nitrogens with one attached hydrogen (secondary N) is 1. The molecule has 4 rings (SSSR count). The van der Waals surface area contributed by atoms with Gasteiger partial charge in [0.15, 0.2) is 0 Å². The molecule has 1 N–H and O–H groups in total. The van der Waals surface area contributed by atoms with Crippen LogP contribution in [0.15, 0.2) is 78.9 Å². The standard InChI is InChI=1S/C28H31FN2O3/c1-33-24-11-7-8-22(20-24)27(25-12-5-6-13-26(25)29)31(28(32)21-14-16-30-17-15-21)18-19-34-23-9-3-2-4-10-23/h2-13,20-21,27,30H,14-19H2,1H3/t27-/m0/s1. The second-order valence-electron chi connectivity index (χ2n) is 8.42. The van der Waals surface area contributed by atoms with Crippen LogP contribution < -0.4 is 14.8 Å². The molecule has 178 valence electrons. The average molecular weight is 463 g/mol. The predicted molar refractivity (Wildman–Crippen MR) is 130 cm³/mol. The lowest BCUT2D eigenvalue weighted by Crippen LogP contribution is -2.45. The molecule has 0 saturated carbocycles. The van der Waals surface area contributed by atoms with E-state index < -0.39 is 6.04 Å². The molecule has 1 aliphatic rings. The zero-order valence-corrected chi connectivity index (χ0v) is 19.5. The lowest BCUT2D eigenvalue weighted by Gasteiger charge is -2.36. The molecule has 0 aromatic heterocycles. The first kappa shape index (κ1) is 23.8. The van der Waals surface area contributed by atoms with Crippen molar-refractivity contribution in [2.24, 2.45) is 5.92 Å². The van der Waals surface area contributed by atoms with E-state index in [0.29, 0.717) is 24.5 Å².